The van der Waals surface area contributed by atoms with Crippen molar-refractivity contribution in [1.29, 1.82) is 0 Å². The van der Waals surface area contributed by atoms with E-state index in [0.717, 1.165) is 18.4 Å². The van der Waals surface area contributed by atoms with E-state index in [2.05, 4.69) is 0 Å². The Morgan fingerprint density at radius 3 is 2.71 bits per heavy atom. The van der Waals surface area contributed by atoms with Crippen LogP contribution < -0.4 is 4.90 Å². The van der Waals surface area contributed by atoms with Crippen molar-refractivity contribution in [3.63, 3.8) is 0 Å². The second-order valence-corrected chi connectivity index (χ2v) is 6.18. The molecule has 2 fully saturated rings. The number of hydrogen-bond acceptors (Lipinski definition) is 2. The molecule has 0 spiro atoms. The van der Waals surface area contributed by atoms with Crippen LogP contribution in [0.1, 0.15) is 31.7 Å². The molecule has 0 aliphatic carbocycles. The quantitative estimate of drug-likeness (QED) is 0.843. The highest BCUT2D eigenvalue weighted by Gasteiger charge is 2.47. The van der Waals surface area contributed by atoms with Gasteiger partial charge in [-0.1, -0.05) is 24.6 Å². The molecule has 2 heterocycles. The fourth-order valence-corrected chi connectivity index (χ4v) is 3.68. The SMILES string of the molecule is CCC1C(=O)N2CCCC2C(=O)N1c1ccc(C)cc1Cl. The van der Waals surface area contributed by atoms with E-state index in [1.165, 1.54) is 0 Å². The number of rotatable bonds is 2. The van der Waals surface area contributed by atoms with Crippen LogP contribution in [0, 0.1) is 6.92 Å². The average molecular weight is 307 g/mol. The van der Waals surface area contributed by atoms with Gasteiger partial charge in [0, 0.05) is 6.54 Å². The van der Waals surface area contributed by atoms with Crippen molar-refractivity contribution in [3.05, 3.63) is 28.8 Å². The lowest BCUT2D eigenvalue weighted by Crippen LogP contribution is -2.63. The van der Waals surface area contributed by atoms with Crippen molar-refractivity contribution in [2.75, 3.05) is 11.4 Å². The Morgan fingerprint density at radius 1 is 1.29 bits per heavy atom. The Morgan fingerprint density at radius 2 is 2.05 bits per heavy atom. The van der Waals surface area contributed by atoms with Gasteiger partial charge in [0.05, 0.1) is 10.7 Å². The van der Waals surface area contributed by atoms with Gasteiger partial charge in [0.15, 0.2) is 0 Å². The summed E-state index contributed by atoms with van der Waals surface area (Å²) in [6.07, 6.45) is 2.24. The van der Waals surface area contributed by atoms with E-state index in [0.29, 0.717) is 23.7 Å². The lowest BCUT2D eigenvalue weighted by Gasteiger charge is -2.42. The highest BCUT2D eigenvalue weighted by Crippen LogP contribution is 2.35. The van der Waals surface area contributed by atoms with Crippen molar-refractivity contribution in [2.45, 2.75) is 45.2 Å². The van der Waals surface area contributed by atoms with E-state index in [9.17, 15) is 9.59 Å². The number of carbonyl (C=O) groups is 2. The number of piperazine rings is 1. The second kappa shape index (κ2) is 5.34. The average Bonchev–Trinajstić information content (AvgIpc) is 2.93. The topological polar surface area (TPSA) is 40.6 Å². The number of fused-ring (bicyclic) bond motifs is 1. The summed E-state index contributed by atoms with van der Waals surface area (Å²) in [5, 5.41) is 0.529. The third-order valence-corrected chi connectivity index (χ3v) is 4.71. The number of hydrogen-bond donors (Lipinski definition) is 0. The van der Waals surface area contributed by atoms with Gasteiger partial charge in [-0.25, -0.2) is 0 Å². The van der Waals surface area contributed by atoms with Gasteiger partial charge < -0.3 is 4.90 Å². The molecule has 3 rings (SSSR count). The summed E-state index contributed by atoms with van der Waals surface area (Å²) in [5.74, 6) is 0.0564. The molecule has 2 aliphatic heterocycles. The number of aryl methyl sites for hydroxylation is 1. The number of nitrogens with zero attached hydrogens (tertiary/aromatic N) is 2. The van der Waals surface area contributed by atoms with Crippen LogP contribution in [0.3, 0.4) is 0 Å². The largest absolute Gasteiger partial charge is 0.329 e. The van der Waals surface area contributed by atoms with Crippen molar-refractivity contribution in [3.8, 4) is 0 Å². The van der Waals surface area contributed by atoms with Gasteiger partial charge in [-0.15, -0.1) is 0 Å². The molecule has 4 nitrogen and oxygen atoms in total. The molecule has 0 radical (unpaired) electrons. The van der Waals surface area contributed by atoms with Crippen LogP contribution in [0.5, 0.6) is 0 Å². The molecular formula is C16H19ClN2O2. The fourth-order valence-electron chi connectivity index (χ4n) is 3.35. The third kappa shape index (κ3) is 2.22. The Hall–Kier alpha value is -1.55. The zero-order valence-corrected chi connectivity index (χ0v) is 13.1. The van der Waals surface area contributed by atoms with Crippen LogP contribution in [0.4, 0.5) is 5.69 Å². The molecule has 5 heteroatoms. The van der Waals surface area contributed by atoms with E-state index in [1.54, 1.807) is 9.80 Å². The zero-order chi connectivity index (χ0) is 15.1. The van der Waals surface area contributed by atoms with Gasteiger partial charge in [-0.3, -0.25) is 14.5 Å². The minimum atomic E-state index is -0.438. The summed E-state index contributed by atoms with van der Waals surface area (Å²) < 4.78 is 0. The predicted octanol–water partition coefficient (Wildman–Crippen LogP) is 2.76. The first-order valence-electron chi connectivity index (χ1n) is 7.44. The number of amides is 2. The van der Waals surface area contributed by atoms with Crippen molar-refractivity contribution in [2.24, 2.45) is 0 Å². The van der Waals surface area contributed by atoms with Gasteiger partial charge in [0.25, 0.3) is 5.91 Å². The van der Waals surface area contributed by atoms with Crippen LogP contribution in [-0.2, 0) is 9.59 Å². The molecule has 2 atom stereocenters. The summed E-state index contributed by atoms with van der Waals surface area (Å²) in [5.41, 5.74) is 1.69. The Bertz CT molecular complexity index is 602. The van der Waals surface area contributed by atoms with E-state index in [-0.39, 0.29) is 17.9 Å². The number of anilines is 1. The third-order valence-electron chi connectivity index (χ3n) is 4.40. The molecule has 1 aromatic carbocycles. The van der Waals surface area contributed by atoms with Crippen LogP contribution in [0.15, 0.2) is 18.2 Å². The van der Waals surface area contributed by atoms with E-state index in [1.807, 2.05) is 32.0 Å². The molecule has 0 saturated carbocycles. The predicted molar refractivity (Wildman–Crippen MR) is 82.5 cm³/mol. The molecule has 0 bridgehead atoms. The lowest BCUT2D eigenvalue weighted by atomic mass is 10.0. The normalized spacial score (nSPS) is 25.5. The zero-order valence-electron chi connectivity index (χ0n) is 12.3. The maximum absolute atomic E-state index is 12.8. The molecule has 2 amide bonds. The Kier molecular flexibility index (Phi) is 3.66. The summed E-state index contributed by atoms with van der Waals surface area (Å²) in [7, 11) is 0. The summed E-state index contributed by atoms with van der Waals surface area (Å²) >= 11 is 6.32. The smallest absolute Gasteiger partial charge is 0.250 e. The first-order chi connectivity index (χ1) is 10.0. The molecule has 0 aromatic heterocycles. The van der Waals surface area contributed by atoms with Crippen molar-refractivity contribution in [1.82, 2.24) is 4.90 Å². The molecule has 2 aliphatic rings. The minimum Gasteiger partial charge on any atom is -0.329 e. The van der Waals surface area contributed by atoms with Crippen LogP contribution in [-0.4, -0.2) is 35.3 Å². The maximum Gasteiger partial charge on any atom is 0.250 e. The molecule has 0 N–H and O–H groups in total. The highest BCUT2D eigenvalue weighted by atomic mass is 35.5. The van der Waals surface area contributed by atoms with E-state index >= 15 is 0 Å². The first-order valence-corrected chi connectivity index (χ1v) is 7.82. The summed E-state index contributed by atoms with van der Waals surface area (Å²) in [4.78, 5) is 28.8. The first kappa shape index (κ1) is 14.4. The van der Waals surface area contributed by atoms with Crippen LogP contribution in [0.25, 0.3) is 0 Å². The highest BCUT2D eigenvalue weighted by molar-refractivity contribution is 6.34. The number of carbonyl (C=O) groups excluding carboxylic acids is 2. The summed E-state index contributed by atoms with van der Waals surface area (Å²) in [6, 6.07) is 4.86. The molecule has 2 unspecified atom stereocenters. The van der Waals surface area contributed by atoms with Crippen LogP contribution >= 0.6 is 11.6 Å². The van der Waals surface area contributed by atoms with Gasteiger partial charge >= 0.3 is 0 Å². The number of halogens is 1. The molecule has 2 saturated heterocycles. The van der Waals surface area contributed by atoms with E-state index < -0.39 is 6.04 Å². The molecule has 1 aromatic rings. The number of benzene rings is 1. The van der Waals surface area contributed by atoms with Gasteiger partial charge in [-0.05, 0) is 43.9 Å². The van der Waals surface area contributed by atoms with Crippen molar-refractivity contribution < 1.29 is 9.59 Å². The minimum absolute atomic E-state index is 0.00435. The van der Waals surface area contributed by atoms with Gasteiger partial charge in [0.2, 0.25) is 5.91 Å². The standard InChI is InChI=1S/C16H19ClN2O2/c1-3-12-15(20)18-8-4-5-14(18)16(21)19(12)13-7-6-10(2)9-11(13)17/h6-7,9,12,14H,3-5,8H2,1-2H3. The van der Waals surface area contributed by atoms with Gasteiger partial charge in [-0.2, -0.15) is 0 Å². The molecule has 112 valence electrons. The second-order valence-electron chi connectivity index (χ2n) is 5.78. The van der Waals surface area contributed by atoms with Crippen LogP contribution in [0.2, 0.25) is 5.02 Å². The maximum atomic E-state index is 12.8. The van der Waals surface area contributed by atoms with Crippen molar-refractivity contribution >= 4 is 29.1 Å². The summed E-state index contributed by atoms with van der Waals surface area (Å²) in [6.45, 7) is 4.58. The van der Waals surface area contributed by atoms with Gasteiger partial charge in [0.1, 0.15) is 12.1 Å². The molecular weight excluding hydrogens is 288 g/mol. The fraction of sp³-hybridized carbons (Fsp3) is 0.500. The Labute approximate surface area is 129 Å². The monoisotopic (exact) mass is 306 g/mol. The molecule has 21 heavy (non-hydrogen) atoms. The Balaban J connectivity index is 2.05. The lowest BCUT2D eigenvalue weighted by molar-refractivity contribution is -0.144. The van der Waals surface area contributed by atoms with E-state index in [4.69, 9.17) is 11.6 Å².